The fraction of sp³-hybridized carbons (Fsp3) is 0.273. The fourth-order valence-corrected chi connectivity index (χ4v) is 3.63. The smallest absolute Gasteiger partial charge is 0.465 e. The van der Waals surface area contributed by atoms with Gasteiger partial charge >= 0.3 is 6.36 Å². The summed E-state index contributed by atoms with van der Waals surface area (Å²) in [6.07, 6.45) is -2.64. The molecule has 1 saturated heterocycles. The van der Waals surface area contributed by atoms with Crippen molar-refractivity contribution in [3.05, 3.63) is 77.7 Å². The van der Waals surface area contributed by atoms with E-state index in [1.807, 2.05) is 31.2 Å². The minimum absolute atomic E-state index is 0.220. The van der Waals surface area contributed by atoms with Crippen LogP contribution < -0.4 is 10.1 Å². The van der Waals surface area contributed by atoms with Crippen LogP contribution in [0.25, 0.3) is 11.1 Å². The number of ether oxygens (including phenoxy) is 1. The third-order valence-electron chi connectivity index (χ3n) is 4.99. The van der Waals surface area contributed by atoms with Crippen LogP contribution in [0.3, 0.4) is 0 Å². The van der Waals surface area contributed by atoms with Crippen LogP contribution in [-0.2, 0) is 0 Å². The molecular formula is C22H20F3NO2. The molecule has 1 aromatic heterocycles. The zero-order valence-corrected chi connectivity index (χ0v) is 15.3. The number of hydrogen-bond donors (Lipinski definition) is 1. The lowest BCUT2D eigenvalue weighted by atomic mass is 10.00. The van der Waals surface area contributed by atoms with Crippen molar-refractivity contribution in [2.24, 2.45) is 0 Å². The summed E-state index contributed by atoms with van der Waals surface area (Å²) in [4.78, 5) is 0. The molecule has 2 heterocycles. The molecule has 1 aliphatic rings. The van der Waals surface area contributed by atoms with Crippen molar-refractivity contribution in [1.82, 2.24) is 5.32 Å². The average Bonchev–Trinajstić information content (AvgIpc) is 3.30. The summed E-state index contributed by atoms with van der Waals surface area (Å²) in [6, 6.07) is 18.5. The second-order valence-corrected chi connectivity index (χ2v) is 6.99. The van der Waals surface area contributed by atoms with Gasteiger partial charge in [-0.15, -0.1) is 13.2 Å². The van der Waals surface area contributed by atoms with Gasteiger partial charge in [0.1, 0.15) is 17.3 Å². The number of alkyl halides is 3. The van der Waals surface area contributed by atoms with E-state index < -0.39 is 6.36 Å². The van der Waals surface area contributed by atoms with E-state index in [0.29, 0.717) is 0 Å². The van der Waals surface area contributed by atoms with Gasteiger partial charge in [-0.1, -0.05) is 36.4 Å². The maximum absolute atomic E-state index is 12.3. The third-order valence-corrected chi connectivity index (χ3v) is 4.99. The summed E-state index contributed by atoms with van der Waals surface area (Å²) >= 11 is 0. The fourth-order valence-electron chi connectivity index (χ4n) is 3.63. The summed E-state index contributed by atoms with van der Waals surface area (Å²) in [6.45, 7) is 1.94. The van der Waals surface area contributed by atoms with Crippen molar-refractivity contribution in [1.29, 1.82) is 0 Å². The molecule has 4 rings (SSSR count). The lowest BCUT2D eigenvalue weighted by Crippen LogP contribution is -2.17. The van der Waals surface area contributed by atoms with E-state index in [1.165, 1.54) is 17.7 Å². The molecule has 1 N–H and O–H groups in total. The van der Waals surface area contributed by atoms with Crippen molar-refractivity contribution < 1.29 is 22.3 Å². The van der Waals surface area contributed by atoms with Crippen LogP contribution in [0.1, 0.15) is 42.0 Å². The molecule has 3 nitrogen and oxygen atoms in total. The average molecular weight is 387 g/mol. The van der Waals surface area contributed by atoms with E-state index >= 15 is 0 Å². The maximum atomic E-state index is 12.3. The van der Waals surface area contributed by atoms with Gasteiger partial charge in [-0.25, -0.2) is 0 Å². The highest BCUT2D eigenvalue weighted by atomic mass is 19.4. The number of rotatable bonds is 4. The summed E-state index contributed by atoms with van der Waals surface area (Å²) in [5.41, 5.74) is 2.97. The molecule has 0 spiro atoms. The Balaban J connectivity index is 1.43. The molecule has 1 aliphatic heterocycles. The van der Waals surface area contributed by atoms with Gasteiger partial charge in [0.05, 0.1) is 6.04 Å². The summed E-state index contributed by atoms with van der Waals surface area (Å²) < 4.78 is 46.4. The zero-order chi connectivity index (χ0) is 19.7. The van der Waals surface area contributed by atoms with E-state index in [4.69, 9.17) is 4.42 Å². The van der Waals surface area contributed by atoms with Gasteiger partial charge in [0, 0.05) is 6.04 Å². The van der Waals surface area contributed by atoms with E-state index in [9.17, 15) is 13.2 Å². The Morgan fingerprint density at radius 2 is 1.46 bits per heavy atom. The Labute approximate surface area is 161 Å². The number of furan rings is 1. The predicted molar refractivity (Wildman–Crippen MR) is 99.9 cm³/mol. The molecule has 0 amide bonds. The summed E-state index contributed by atoms with van der Waals surface area (Å²) in [5, 5.41) is 3.61. The molecule has 1 fully saturated rings. The van der Waals surface area contributed by atoms with Gasteiger partial charge in [0.15, 0.2) is 0 Å². The molecule has 0 bridgehead atoms. The first-order valence-electron chi connectivity index (χ1n) is 9.16. The van der Waals surface area contributed by atoms with Crippen molar-refractivity contribution in [2.75, 3.05) is 0 Å². The molecule has 2 atom stereocenters. The molecule has 0 aliphatic carbocycles. The molecule has 3 aromatic rings. The summed E-state index contributed by atoms with van der Waals surface area (Å²) in [7, 11) is 0. The second-order valence-electron chi connectivity index (χ2n) is 6.99. The van der Waals surface area contributed by atoms with Gasteiger partial charge in [0.25, 0.3) is 0 Å². The van der Waals surface area contributed by atoms with Gasteiger partial charge in [-0.05, 0) is 60.7 Å². The van der Waals surface area contributed by atoms with Crippen molar-refractivity contribution in [2.45, 2.75) is 38.2 Å². The largest absolute Gasteiger partial charge is 0.573 e. The number of nitrogens with one attached hydrogen (secondary N) is 1. The normalized spacial score (nSPS) is 19.7. The number of hydrogen-bond acceptors (Lipinski definition) is 3. The van der Waals surface area contributed by atoms with E-state index in [-0.39, 0.29) is 17.8 Å². The first-order valence-corrected chi connectivity index (χ1v) is 9.16. The summed E-state index contributed by atoms with van der Waals surface area (Å²) in [5.74, 6) is 1.66. The molecule has 2 aromatic carbocycles. The standard InChI is InChI=1S/C22H20F3NO2/c1-14-2-13-21(27-14)20-12-11-19(26-20)17-5-3-15(4-6-17)16-7-9-18(10-8-16)28-22(23,24)25/h2-10,13,19-20,26H,11-12H2,1H3. The highest BCUT2D eigenvalue weighted by Crippen LogP contribution is 2.36. The van der Waals surface area contributed by atoms with Gasteiger partial charge < -0.3 is 14.5 Å². The molecule has 146 valence electrons. The molecule has 0 saturated carbocycles. The van der Waals surface area contributed by atoms with Crippen LogP contribution in [-0.4, -0.2) is 6.36 Å². The topological polar surface area (TPSA) is 34.4 Å². The van der Waals surface area contributed by atoms with Crippen LogP contribution in [0.5, 0.6) is 5.75 Å². The predicted octanol–water partition coefficient (Wildman–Crippen LogP) is 6.32. The highest BCUT2D eigenvalue weighted by Gasteiger charge is 2.31. The van der Waals surface area contributed by atoms with Gasteiger partial charge in [-0.2, -0.15) is 0 Å². The Morgan fingerprint density at radius 3 is 2.04 bits per heavy atom. The van der Waals surface area contributed by atoms with Crippen LogP contribution in [0, 0.1) is 6.92 Å². The Morgan fingerprint density at radius 1 is 0.857 bits per heavy atom. The first-order chi connectivity index (χ1) is 13.4. The van der Waals surface area contributed by atoms with Gasteiger partial charge in [-0.3, -0.25) is 0 Å². The Bertz CT molecular complexity index is 930. The quantitative estimate of drug-likeness (QED) is 0.569. The number of aryl methyl sites for hydroxylation is 1. The first kappa shape index (κ1) is 18.6. The number of benzene rings is 2. The zero-order valence-electron chi connectivity index (χ0n) is 15.3. The van der Waals surface area contributed by atoms with E-state index in [0.717, 1.165) is 35.5 Å². The lowest BCUT2D eigenvalue weighted by molar-refractivity contribution is -0.274. The minimum atomic E-state index is -4.68. The Hall–Kier alpha value is -2.73. The molecule has 2 unspecified atom stereocenters. The highest BCUT2D eigenvalue weighted by molar-refractivity contribution is 5.64. The molecule has 0 radical (unpaired) electrons. The van der Waals surface area contributed by atoms with Crippen LogP contribution >= 0.6 is 0 Å². The monoisotopic (exact) mass is 387 g/mol. The van der Waals surface area contributed by atoms with E-state index in [2.05, 4.69) is 22.2 Å². The van der Waals surface area contributed by atoms with Crippen LogP contribution in [0.2, 0.25) is 0 Å². The molecular weight excluding hydrogens is 367 g/mol. The van der Waals surface area contributed by atoms with E-state index in [1.54, 1.807) is 12.1 Å². The maximum Gasteiger partial charge on any atom is 0.573 e. The van der Waals surface area contributed by atoms with Crippen LogP contribution in [0.4, 0.5) is 13.2 Å². The second kappa shape index (κ2) is 7.36. The van der Waals surface area contributed by atoms with Crippen molar-refractivity contribution >= 4 is 0 Å². The van der Waals surface area contributed by atoms with Crippen molar-refractivity contribution in [3.8, 4) is 16.9 Å². The van der Waals surface area contributed by atoms with Crippen molar-refractivity contribution in [3.63, 3.8) is 0 Å². The molecule has 6 heteroatoms. The van der Waals surface area contributed by atoms with Crippen LogP contribution in [0.15, 0.2) is 65.1 Å². The van der Waals surface area contributed by atoms with Gasteiger partial charge in [0.2, 0.25) is 0 Å². The Kier molecular flexibility index (Phi) is 4.89. The number of halogens is 3. The SMILES string of the molecule is Cc1ccc(C2CCC(c3ccc(-c4ccc(OC(F)(F)F)cc4)cc3)N2)o1. The third kappa shape index (κ3) is 4.22. The lowest BCUT2D eigenvalue weighted by Gasteiger charge is -2.14. The molecule has 28 heavy (non-hydrogen) atoms. The minimum Gasteiger partial charge on any atom is -0.465 e.